The molecule has 0 spiro atoms. The predicted molar refractivity (Wildman–Crippen MR) is 100 cm³/mol. The second-order valence-electron chi connectivity index (χ2n) is 6.25. The number of halogens is 1. The number of fused-ring (bicyclic) bond motifs is 2. The van der Waals surface area contributed by atoms with Crippen LogP contribution in [0.5, 0.6) is 0 Å². The van der Waals surface area contributed by atoms with Crippen LogP contribution in [0.2, 0.25) is 0 Å². The highest BCUT2D eigenvalue weighted by molar-refractivity contribution is 5.79. The Morgan fingerprint density at radius 3 is 2.42 bits per heavy atom. The lowest BCUT2D eigenvalue weighted by atomic mass is 10.2. The number of aromatic nitrogens is 4. The van der Waals surface area contributed by atoms with Crippen molar-refractivity contribution in [1.82, 2.24) is 19.1 Å². The summed E-state index contributed by atoms with van der Waals surface area (Å²) in [6.07, 6.45) is 1.83. The normalized spacial score (nSPS) is 11.5. The summed E-state index contributed by atoms with van der Waals surface area (Å²) < 4.78 is 17.7. The summed E-state index contributed by atoms with van der Waals surface area (Å²) in [6, 6.07) is 20.8. The molecule has 2 aromatic heterocycles. The first-order chi connectivity index (χ1) is 12.7. The molecule has 5 heteroatoms. The molecule has 0 radical (unpaired) electrons. The molecule has 0 unspecified atom stereocenters. The highest BCUT2D eigenvalue weighted by Gasteiger charge is 2.11. The van der Waals surface area contributed by atoms with Crippen LogP contribution in [0.25, 0.3) is 33.4 Å². The van der Waals surface area contributed by atoms with E-state index in [9.17, 15) is 4.39 Å². The smallest absolute Gasteiger partial charge is 0.125 e. The molecule has 3 aromatic carbocycles. The van der Waals surface area contributed by atoms with Crippen molar-refractivity contribution in [2.75, 3.05) is 0 Å². The van der Waals surface area contributed by atoms with Crippen molar-refractivity contribution in [3.63, 3.8) is 0 Å². The van der Waals surface area contributed by atoms with Crippen LogP contribution in [-0.4, -0.2) is 19.1 Å². The number of nitrogens with zero attached hydrogens (tertiary/aromatic N) is 4. The zero-order chi connectivity index (χ0) is 17.7. The van der Waals surface area contributed by atoms with E-state index in [0.29, 0.717) is 0 Å². The Balaban J connectivity index is 1.63. The van der Waals surface area contributed by atoms with Gasteiger partial charge < -0.3 is 0 Å². The SMILES string of the molecule is Cc1nc2ccc(F)cc2n1-c1ccc(-n2cnc3ccccc32)cc1. The molecule has 0 saturated heterocycles. The minimum Gasteiger partial charge on any atom is -0.299 e. The molecule has 0 bridgehead atoms. The van der Waals surface area contributed by atoms with Gasteiger partial charge in [-0.25, -0.2) is 14.4 Å². The molecule has 0 N–H and O–H groups in total. The Morgan fingerprint density at radius 2 is 1.58 bits per heavy atom. The van der Waals surface area contributed by atoms with Gasteiger partial charge >= 0.3 is 0 Å². The van der Waals surface area contributed by atoms with Gasteiger partial charge in [-0.15, -0.1) is 0 Å². The van der Waals surface area contributed by atoms with Gasteiger partial charge in [-0.1, -0.05) is 12.1 Å². The van der Waals surface area contributed by atoms with E-state index >= 15 is 0 Å². The number of hydrogen-bond acceptors (Lipinski definition) is 2. The van der Waals surface area contributed by atoms with Crippen LogP contribution in [0, 0.1) is 12.7 Å². The Kier molecular flexibility index (Phi) is 3.15. The molecule has 126 valence electrons. The second-order valence-corrected chi connectivity index (χ2v) is 6.25. The molecule has 0 amide bonds. The van der Waals surface area contributed by atoms with Crippen molar-refractivity contribution in [2.45, 2.75) is 6.92 Å². The Morgan fingerprint density at radius 1 is 0.808 bits per heavy atom. The van der Waals surface area contributed by atoms with Crippen LogP contribution >= 0.6 is 0 Å². The summed E-state index contributed by atoms with van der Waals surface area (Å²) >= 11 is 0. The number of benzene rings is 3. The summed E-state index contributed by atoms with van der Waals surface area (Å²) in [7, 11) is 0. The van der Waals surface area contributed by atoms with Crippen molar-refractivity contribution in [3.05, 3.63) is 84.7 Å². The lowest BCUT2D eigenvalue weighted by molar-refractivity contribution is 0.629. The number of hydrogen-bond donors (Lipinski definition) is 0. The van der Waals surface area contributed by atoms with E-state index in [4.69, 9.17) is 0 Å². The average Bonchev–Trinajstić information content (AvgIpc) is 3.22. The third kappa shape index (κ3) is 2.21. The van der Waals surface area contributed by atoms with Crippen LogP contribution in [0.1, 0.15) is 5.82 Å². The third-order valence-electron chi connectivity index (χ3n) is 4.62. The third-order valence-corrected chi connectivity index (χ3v) is 4.62. The largest absolute Gasteiger partial charge is 0.299 e. The fourth-order valence-corrected chi connectivity index (χ4v) is 3.42. The quantitative estimate of drug-likeness (QED) is 0.461. The van der Waals surface area contributed by atoms with E-state index in [-0.39, 0.29) is 5.82 Å². The lowest BCUT2D eigenvalue weighted by Crippen LogP contribution is -1.98. The molecule has 5 rings (SSSR count). The van der Waals surface area contributed by atoms with Crippen molar-refractivity contribution in [1.29, 1.82) is 0 Å². The summed E-state index contributed by atoms with van der Waals surface area (Å²) in [5.74, 6) is 0.562. The molecule has 0 aliphatic heterocycles. The molecule has 0 atom stereocenters. The van der Waals surface area contributed by atoms with Gasteiger partial charge in [-0.05, 0) is 55.5 Å². The van der Waals surface area contributed by atoms with Crippen LogP contribution in [-0.2, 0) is 0 Å². The van der Waals surface area contributed by atoms with Crippen LogP contribution < -0.4 is 0 Å². The second kappa shape index (κ2) is 5.52. The fourth-order valence-electron chi connectivity index (χ4n) is 3.42. The summed E-state index contributed by atoms with van der Waals surface area (Å²) in [4.78, 5) is 8.96. The fraction of sp³-hybridized carbons (Fsp3) is 0.0476. The Labute approximate surface area is 149 Å². The van der Waals surface area contributed by atoms with Crippen molar-refractivity contribution < 1.29 is 4.39 Å². The molecule has 5 aromatic rings. The minimum absolute atomic E-state index is 0.264. The van der Waals surface area contributed by atoms with E-state index in [1.54, 1.807) is 6.07 Å². The first-order valence-corrected chi connectivity index (χ1v) is 8.38. The van der Waals surface area contributed by atoms with Gasteiger partial charge in [0.15, 0.2) is 0 Å². The minimum atomic E-state index is -0.264. The maximum atomic E-state index is 13.7. The van der Waals surface area contributed by atoms with Crippen LogP contribution in [0.3, 0.4) is 0 Å². The number of rotatable bonds is 2. The zero-order valence-electron chi connectivity index (χ0n) is 14.1. The lowest BCUT2D eigenvalue weighted by Gasteiger charge is -2.09. The van der Waals surface area contributed by atoms with Crippen molar-refractivity contribution >= 4 is 22.1 Å². The van der Waals surface area contributed by atoms with Gasteiger partial charge in [0.2, 0.25) is 0 Å². The molecular weight excluding hydrogens is 327 g/mol. The molecule has 2 heterocycles. The Hall–Kier alpha value is -3.47. The van der Waals surface area contributed by atoms with E-state index in [1.807, 2.05) is 66.3 Å². The van der Waals surface area contributed by atoms with Gasteiger partial charge in [0.05, 0.1) is 22.1 Å². The zero-order valence-corrected chi connectivity index (χ0v) is 14.1. The average molecular weight is 342 g/mol. The van der Waals surface area contributed by atoms with E-state index in [2.05, 4.69) is 14.5 Å². The highest BCUT2D eigenvalue weighted by atomic mass is 19.1. The highest BCUT2D eigenvalue weighted by Crippen LogP contribution is 2.24. The maximum Gasteiger partial charge on any atom is 0.125 e. The van der Waals surface area contributed by atoms with Gasteiger partial charge in [0.1, 0.15) is 18.0 Å². The monoisotopic (exact) mass is 342 g/mol. The molecular formula is C21H15FN4. The first kappa shape index (κ1) is 14.8. The molecule has 0 saturated carbocycles. The molecule has 0 fully saturated rings. The molecule has 0 aliphatic rings. The maximum absolute atomic E-state index is 13.7. The summed E-state index contributed by atoms with van der Waals surface area (Å²) in [6.45, 7) is 1.93. The number of para-hydroxylation sites is 2. The van der Waals surface area contributed by atoms with Gasteiger partial charge in [-0.3, -0.25) is 9.13 Å². The van der Waals surface area contributed by atoms with E-state index in [0.717, 1.165) is 39.3 Å². The topological polar surface area (TPSA) is 35.6 Å². The van der Waals surface area contributed by atoms with E-state index < -0.39 is 0 Å². The van der Waals surface area contributed by atoms with Crippen LogP contribution in [0.4, 0.5) is 4.39 Å². The number of aryl methyl sites for hydroxylation is 1. The standard InChI is InChI=1S/C21H15FN4/c1-14-24-19-11-6-15(22)12-21(19)26(14)17-9-7-16(8-10-17)25-13-23-18-4-2-3-5-20(18)25/h2-13H,1H3. The van der Waals surface area contributed by atoms with Gasteiger partial charge in [0, 0.05) is 17.4 Å². The predicted octanol–water partition coefficient (Wildman–Crippen LogP) is 4.81. The van der Waals surface area contributed by atoms with Crippen molar-refractivity contribution in [2.24, 2.45) is 0 Å². The van der Waals surface area contributed by atoms with Gasteiger partial charge in [0.25, 0.3) is 0 Å². The molecule has 0 aliphatic carbocycles. The summed E-state index contributed by atoms with van der Waals surface area (Å²) in [5, 5.41) is 0. The van der Waals surface area contributed by atoms with Gasteiger partial charge in [-0.2, -0.15) is 0 Å². The Bertz CT molecular complexity index is 1250. The first-order valence-electron chi connectivity index (χ1n) is 8.38. The molecule has 26 heavy (non-hydrogen) atoms. The van der Waals surface area contributed by atoms with Crippen LogP contribution in [0.15, 0.2) is 73.1 Å². The summed E-state index contributed by atoms with van der Waals surface area (Å²) in [5.41, 5.74) is 5.55. The van der Waals surface area contributed by atoms with E-state index in [1.165, 1.54) is 12.1 Å². The number of imidazole rings is 2. The van der Waals surface area contributed by atoms with Crippen molar-refractivity contribution in [3.8, 4) is 11.4 Å². The molecule has 4 nitrogen and oxygen atoms in total.